The number of hydrogen-bond donors (Lipinski definition) is 1. The van der Waals surface area contributed by atoms with E-state index in [4.69, 9.17) is 4.74 Å². The van der Waals surface area contributed by atoms with Crippen LogP contribution in [0.25, 0.3) is 0 Å². The maximum absolute atomic E-state index is 12.0. The molecule has 0 bridgehead atoms. The maximum Gasteiger partial charge on any atom is 0.338 e. The van der Waals surface area contributed by atoms with Gasteiger partial charge in [-0.1, -0.05) is 6.07 Å². The van der Waals surface area contributed by atoms with Crippen LogP contribution in [0.3, 0.4) is 0 Å². The molecule has 1 rings (SSSR count). The number of amides is 2. The van der Waals surface area contributed by atoms with E-state index in [1.807, 2.05) is 6.07 Å². The number of nitrogens with zero attached hydrogens (tertiary/aromatic N) is 1. The second-order valence-corrected chi connectivity index (χ2v) is 5.69. The summed E-state index contributed by atoms with van der Waals surface area (Å²) in [5.74, 6) is -1.18. The molecule has 0 radical (unpaired) electrons. The predicted octanol–water partition coefficient (Wildman–Crippen LogP) is 1.43. The Morgan fingerprint density at radius 1 is 1.27 bits per heavy atom. The molecule has 22 heavy (non-hydrogen) atoms. The molecule has 0 aromatic heterocycles. The Bertz CT molecular complexity index is 548. The first kappa shape index (κ1) is 18.4. The van der Waals surface area contributed by atoms with Crippen molar-refractivity contribution in [3.63, 3.8) is 0 Å². The first-order valence-electron chi connectivity index (χ1n) is 6.95. The average molecular weight is 418 g/mol. The average Bonchev–Trinajstić information content (AvgIpc) is 2.50. The van der Waals surface area contributed by atoms with Crippen LogP contribution in [0.5, 0.6) is 0 Å². The lowest BCUT2D eigenvalue weighted by molar-refractivity contribution is -0.138. The molecule has 0 aliphatic heterocycles. The number of carbonyl (C=O) groups excluding carboxylic acids is 3. The van der Waals surface area contributed by atoms with E-state index < -0.39 is 11.9 Å². The van der Waals surface area contributed by atoms with E-state index >= 15 is 0 Å². The van der Waals surface area contributed by atoms with Crippen LogP contribution in [0.2, 0.25) is 0 Å². The van der Waals surface area contributed by atoms with E-state index in [9.17, 15) is 14.4 Å². The molecule has 0 atom stereocenters. The van der Waals surface area contributed by atoms with Crippen LogP contribution in [-0.2, 0) is 14.3 Å². The maximum atomic E-state index is 12.0. The van der Waals surface area contributed by atoms with Gasteiger partial charge in [0.2, 0.25) is 5.91 Å². The van der Waals surface area contributed by atoms with Crippen molar-refractivity contribution in [2.24, 2.45) is 0 Å². The molecule has 1 N–H and O–H groups in total. The smallest absolute Gasteiger partial charge is 0.338 e. The SMILES string of the molecule is CCNC(=O)CN(CC)C(=O)COC(=O)c1cccc(I)c1. The van der Waals surface area contributed by atoms with Crippen LogP contribution < -0.4 is 5.32 Å². The van der Waals surface area contributed by atoms with Crippen LogP contribution >= 0.6 is 22.6 Å². The summed E-state index contributed by atoms with van der Waals surface area (Å²) in [6.07, 6.45) is 0. The van der Waals surface area contributed by atoms with E-state index in [-0.39, 0.29) is 19.1 Å². The van der Waals surface area contributed by atoms with Gasteiger partial charge in [-0.15, -0.1) is 0 Å². The molecule has 0 fully saturated rings. The van der Waals surface area contributed by atoms with Crippen LogP contribution in [0, 0.1) is 3.57 Å². The van der Waals surface area contributed by atoms with Gasteiger partial charge in [0.1, 0.15) is 0 Å². The van der Waals surface area contributed by atoms with Crippen LogP contribution in [0.4, 0.5) is 0 Å². The molecule has 1 aromatic rings. The lowest BCUT2D eigenvalue weighted by atomic mass is 10.2. The molecule has 7 heteroatoms. The first-order valence-corrected chi connectivity index (χ1v) is 8.03. The van der Waals surface area contributed by atoms with Gasteiger partial charge in [0.15, 0.2) is 6.61 Å². The number of carbonyl (C=O) groups is 3. The lowest BCUT2D eigenvalue weighted by Crippen LogP contribution is -2.42. The molecule has 120 valence electrons. The fourth-order valence-electron chi connectivity index (χ4n) is 1.72. The number of rotatable bonds is 7. The van der Waals surface area contributed by atoms with E-state index in [0.29, 0.717) is 18.7 Å². The Labute approximate surface area is 143 Å². The zero-order valence-corrected chi connectivity index (χ0v) is 14.8. The van der Waals surface area contributed by atoms with Crippen LogP contribution in [0.1, 0.15) is 24.2 Å². The molecule has 2 amide bonds. The highest BCUT2D eigenvalue weighted by Crippen LogP contribution is 2.09. The van der Waals surface area contributed by atoms with Gasteiger partial charge in [0, 0.05) is 16.7 Å². The van der Waals surface area contributed by atoms with Crippen molar-refractivity contribution in [1.82, 2.24) is 10.2 Å². The second kappa shape index (κ2) is 9.39. The Kier molecular flexibility index (Phi) is 7.86. The van der Waals surface area contributed by atoms with Crippen LogP contribution in [0.15, 0.2) is 24.3 Å². The van der Waals surface area contributed by atoms with Crippen molar-refractivity contribution in [3.8, 4) is 0 Å². The number of esters is 1. The van der Waals surface area contributed by atoms with Gasteiger partial charge in [-0.3, -0.25) is 9.59 Å². The molecule has 0 spiro atoms. The number of nitrogens with one attached hydrogen (secondary N) is 1. The lowest BCUT2D eigenvalue weighted by Gasteiger charge is -2.20. The van der Waals surface area contributed by atoms with Gasteiger partial charge < -0.3 is 15.0 Å². The number of halogens is 1. The zero-order valence-electron chi connectivity index (χ0n) is 12.6. The third-order valence-corrected chi connectivity index (χ3v) is 3.50. The fraction of sp³-hybridized carbons (Fsp3) is 0.400. The standard InChI is InChI=1S/C15H19IN2O4/c1-3-17-13(19)9-18(4-2)14(20)10-22-15(21)11-6-5-7-12(16)8-11/h5-8H,3-4,9-10H2,1-2H3,(H,17,19). The second-order valence-electron chi connectivity index (χ2n) is 4.45. The Balaban J connectivity index is 2.53. The third-order valence-electron chi connectivity index (χ3n) is 2.83. The predicted molar refractivity (Wildman–Crippen MR) is 90.4 cm³/mol. The Morgan fingerprint density at radius 2 is 2.00 bits per heavy atom. The Morgan fingerprint density at radius 3 is 2.59 bits per heavy atom. The summed E-state index contributed by atoms with van der Waals surface area (Å²) in [5.41, 5.74) is 0.395. The molecular formula is C15H19IN2O4. The topological polar surface area (TPSA) is 75.7 Å². The number of ether oxygens (including phenoxy) is 1. The van der Waals surface area contributed by atoms with Crippen molar-refractivity contribution in [2.75, 3.05) is 26.2 Å². The number of likely N-dealkylation sites (N-methyl/N-ethyl adjacent to an activating group) is 2. The van der Waals surface area contributed by atoms with Crippen molar-refractivity contribution in [2.45, 2.75) is 13.8 Å². The minimum Gasteiger partial charge on any atom is -0.452 e. The van der Waals surface area contributed by atoms with E-state index in [0.717, 1.165) is 3.57 Å². The quantitative estimate of drug-likeness (QED) is 0.537. The van der Waals surface area contributed by atoms with E-state index in [1.165, 1.54) is 4.90 Å². The van der Waals surface area contributed by atoms with Crippen molar-refractivity contribution < 1.29 is 19.1 Å². The Hall–Kier alpha value is -1.64. The van der Waals surface area contributed by atoms with Gasteiger partial charge in [-0.2, -0.15) is 0 Å². The molecule has 0 saturated heterocycles. The summed E-state index contributed by atoms with van der Waals surface area (Å²) >= 11 is 2.09. The third kappa shape index (κ3) is 6.00. The van der Waals surface area contributed by atoms with Crippen molar-refractivity contribution in [1.29, 1.82) is 0 Å². The molecule has 0 saturated carbocycles. The van der Waals surface area contributed by atoms with Crippen molar-refractivity contribution in [3.05, 3.63) is 33.4 Å². The van der Waals surface area contributed by atoms with Gasteiger partial charge in [-0.05, 0) is 54.6 Å². The normalized spacial score (nSPS) is 9.95. The largest absolute Gasteiger partial charge is 0.452 e. The zero-order chi connectivity index (χ0) is 16.5. The first-order chi connectivity index (χ1) is 10.5. The van der Waals surface area contributed by atoms with Gasteiger partial charge in [0.25, 0.3) is 5.91 Å². The number of benzene rings is 1. The highest BCUT2D eigenvalue weighted by Gasteiger charge is 2.17. The summed E-state index contributed by atoms with van der Waals surface area (Å²) in [4.78, 5) is 36.7. The monoisotopic (exact) mass is 418 g/mol. The van der Waals surface area contributed by atoms with Gasteiger partial charge >= 0.3 is 5.97 Å². The van der Waals surface area contributed by atoms with Crippen molar-refractivity contribution >= 4 is 40.4 Å². The summed E-state index contributed by atoms with van der Waals surface area (Å²) in [5, 5.41) is 2.62. The summed E-state index contributed by atoms with van der Waals surface area (Å²) in [6, 6.07) is 6.90. The summed E-state index contributed by atoms with van der Waals surface area (Å²) < 4.78 is 5.91. The minimum absolute atomic E-state index is 0.0377. The van der Waals surface area contributed by atoms with Gasteiger partial charge in [-0.25, -0.2) is 4.79 Å². The highest BCUT2D eigenvalue weighted by molar-refractivity contribution is 14.1. The van der Waals surface area contributed by atoms with E-state index in [1.54, 1.807) is 32.0 Å². The molecule has 0 unspecified atom stereocenters. The molecule has 1 aromatic carbocycles. The number of hydrogen-bond acceptors (Lipinski definition) is 4. The van der Waals surface area contributed by atoms with Gasteiger partial charge in [0.05, 0.1) is 12.1 Å². The minimum atomic E-state index is -0.555. The molecule has 6 nitrogen and oxygen atoms in total. The summed E-state index contributed by atoms with van der Waals surface area (Å²) in [7, 11) is 0. The molecule has 0 heterocycles. The highest BCUT2D eigenvalue weighted by atomic mass is 127. The fourth-order valence-corrected chi connectivity index (χ4v) is 2.26. The molecule has 0 aliphatic rings. The summed E-state index contributed by atoms with van der Waals surface area (Å²) in [6.45, 7) is 4.03. The van der Waals surface area contributed by atoms with Crippen LogP contribution in [-0.4, -0.2) is 48.9 Å². The molecular weight excluding hydrogens is 399 g/mol. The molecule has 0 aliphatic carbocycles. The van der Waals surface area contributed by atoms with E-state index in [2.05, 4.69) is 27.9 Å².